The second-order valence-electron chi connectivity index (χ2n) is 6.16. The van der Waals surface area contributed by atoms with E-state index in [1.165, 1.54) is 38.5 Å². The topological polar surface area (TPSA) is 12.0 Å². The average Bonchev–Trinajstić information content (AvgIpc) is 2.98. The summed E-state index contributed by atoms with van der Waals surface area (Å²) >= 11 is 0. The Morgan fingerprint density at radius 1 is 0.846 bits per heavy atom. The summed E-state index contributed by atoms with van der Waals surface area (Å²) < 4.78 is 0. The van der Waals surface area contributed by atoms with Crippen molar-refractivity contribution in [1.82, 2.24) is 5.32 Å². The number of hydrogen-bond donors (Lipinski definition) is 1. The Labute approximate surface area is 81.3 Å². The van der Waals surface area contributed by atoms with Crippen LogP contribution < -0.4 is 5.32 Å². The first-order valence-corrected chi connectivity index (χ1v) is 5.89. The lowest BCUT2D eigenvalue weighted by Crippen LogP contribution is -2.38. The van der Waals surface area contributed by atoms with E-state index in [1.54, 1.807) is 0 Å². The highest BCUT2D eigenvalue weighted by molar-refractivity contribution is 5.08. The van der Waals surface area contributed by atoms with Crippen molar-refractivity contribution >= 4 is 0 Å². The summed E-state index contributed by atoms with van der Waals surface area (Å²) in [4.78, 5) is 0. The SMILES string of the molecule is CC1(C2CCC(C3(C)CC3)N2)CC1. The second kappa shape index (κ2) is 2.31. The van der Waals surface area contributed by atoms with Crippen LogP contribution >= 0.6 is 0 Å². The minimum Gasteiger partial charge on any atom is -0.310 e. The lowest BCUT2D eigenvalue weighted by atomic mass is 9.96. The molecule has 0 aromatic carbocycles. The Morgan fingerprint density at radius 2 is 1.23 bits per heavy atom. The summed E-state index contributed by atoms with van der Waals surface area (Å²) in [7, 11) is 0. The van der Waals surface area contributed by atoms with E-state index in [1.807, 2.05) is 0 Å². The molecule has 1 saturated heterocycles. The molecule has 3 aliphatic rings. The van der Waals surface area contributed by atoms with Gasteiger partial charge in [0.2, 0.25) is 0 Å². The second-order valence-corrected chi connectivity index (χ2v) is 6.16. The van der Waals surface area contributed by atoms with Gasteiger partial charge in [-0.3, -0.25) is 0 Å². The van der Waals surface area contributed by atoms with E-state index >= 15 is 0 Å². The normalized spacial score (nSPS) is 44.8. The molecule has 1 heterocycles. The van der Waals surface area contributed by atoms with Gasteiger partial charge in [-0.15, -0.1) is 0 Å². The van der Waals surface area contributed by atoms with E-state index in [0.717, 1.165) is 12.1 Å². The predicted molar refractivity (Wildman–Crippen MR) is 54.6 cm³/mol. The first-order valence-electron chi connectivity index (χ1n) is 5.89. The van der Waals surface area contributed by atoms with Crippen molar-refractivity contribution in [2.75, 3.05) is 0 Å². The highest BCUT2D eigenvalue weighted by Crippen LogP contribution is 2.55. The van der Waals surface area contributed by atoms with E-state index in [4.69, 9.17) is 0 Å². The molecule has 2 saturated carbocycles. The first kappa shape index (κ1) is 8.28. The molecule has 0 amide bonds. The van der Waals surface area contributed by atoms with Crippen LogP contribution in [0.25, 0.3) is 0 Å². The molecule has 0 radical (unpaired) electrons. The molecule has 1 heteroatoms. The molecule has 13 heavy (non-hydrogen) atoms. The molecule has 0 spiro atoms. The third-order valence-electron chi connectivity index (χ3n) is 4.91. The van der Waals surface area contributed by atoms with Crippen molar-refractivity contribution < 1.29 is 0 Å². The number of hydrogen-bond acceptors (Lipinski definition) is 1. The van der Waals surface area contributed by atoms with Crippen molar-refractivity contribution in [3.8, 4) is 0 Å². The van der Waals surface area contributed by atoms with Crippen LogP contribution in [0.15, 0.2) is 0 Å². The van der Waals surface area contributed by atoms with E-state index < -0.39 is 0 Å². The summed E-state index contributed by atoms with van der Waals surface area (Å²) in [6, 6.07) is 1.71. The Bertz CT molecular complexity index is 201. The van der Waals surface area contributed by atoms with Crippen molar-refractivity contribution in [3.05, 3.63) is 0 Å². The smallest absolute Gasteiger partial charge is 0.0124 e. The lowest BCUT2D eigenvalue weighted by molar-refractivity contribution is 0.335. The van der Waals surface area contributed by atoms with Crippen LogP contribution in [0, 0.1) is 10.8 Å². The van der Waals surface area contributed by atoms with Gasteiger partial charge in [-0.05, 0) is 49.4 Å². The van der Waals surface area contributed by atoms with E-state index in [-0.39, 0.29) is 0 Å². The maximum atomic E-state index is 3.90. The maximum absolute atomic E-state index is 3.90. The minimum absolute atomic E-state index is 0.694. The lowest BCUT2D eigenvalue weighted by Gasteiger charge is -2.23. The van der Waals surface area contributed by atoms with Gasteiger partial charge in [0, 0.05) is 12.1 Å². The molecule has 1 aliphatic heterocycles. The molecule has 2 atom stereocenters. The molecular formula is C12H21N. The van der Waals surface area contributed by atoms with Gasteiger partial charge in [-0.2, -0.15) is 0 Å². The zero-order valence-electron chi connectivity index (χ0n) is 8.90. The van der Waals surface area contributed by atoms with Gasteiger partial charge in [-0.25, -0.2) is 0 Å². The van der Waals surface area contributed by atoms with E-state index in [9.17, 15) is 0 Å². The minimum atomic E-state index is 0.694. The van der Waals surface area contributed by atoms with Crippen LogP contribution in [0.3, 0.4) is 0 Å². The average molecular weight is 179 g/mol. The van der Waals surface area contributed by atoms with Gasteiger partial charge in [0.05, 0.1) is 0 Å². The highest BCUT2D eigenvalue weighted by Gasteiger charge is 2.53. The van der Waals surface area contributed by atoms with E-state index in [0.29, 0.717) is 10.8 Å². The summed E-state index contributed by atoms with van der Waals surface area (Å²) in [5, 5.41) is 3.90. The molecule has 0 aromatic rings. The molecule has 2 aliphatic carbocycles. The summed E-state index contributed by atoms with van der Waals surface area (Å²) in [6.07, 6.45) is 8.75. The Balaban J connectivity index is 1.65. The van der Waals surface area contributed by atoms with Gasteiger partial charge in [0.15, 0.2) is 0 Å². The fourth-order valence-corrected chi connectivity index (χ4v) is 2.93. The van der Waals surface area contributed by atoms with Gasteiger partial charge >= 0.3 is 0 Å². The number of rotatable bonds is 2. The Hall–Kier alpha value is -0.0400. The molecule has 0 aromatic heterocycles. The van der Waals surface area contributed by atoms with Gasteiger partial charge in [0.25, 0.3) is 0 Å². The molecule has 74 valence electrons. The molecule has 1 N–H and O–H groups in total. The summed E-state index contributed by atoms with van der Waals surface area (Å²) in [5.41, 5.74) is 1.39. The van der Waals surface area contributed by atoms with E-state index in [2.05, 4.69) is 19.2 Å². The summed E-state index contributed by atoms with van der Waals surface area (Å²) in [6.45, 7) is 4.92. The molecular weight excluding hydrogens is 158 g/mol. The molecule has 3 fully saturated rings. The van der Waals surface area contributed by atoms with Crippen molar-refractivity contribution in [2.24, 2.45) is 10.8 Å². The monoisotopic (exact) mass is 179 g/mol. The molecule has 2 unspecified atom stereocenters. The van der Waals surface area contributed by atoms with Crippen LogP contribution in [0.2, 0.25) is 0 Å². The van der Waals surface area contributed by atoms with Crippen molar-refractivity contribution in [1.29, 1.82) is 0 Å². The number of nitrogens with one attached hydrogen (secondary N) is 1. The van der Waals surface area contributed by atoms with Crippen molar-refractivity contribution in [2.45, 2.75) is 64.5 Å². The zero-order chi connectivity index (χ0) is 9.10. The fraction of sp³-hybridized carbons (Fsp3) is 1.00. The standard InChI is InChI=1S/C12H21N/c1-11(5-6-11)9-3-4-10(13-9)12(2)7-8-12/h9-10,13H,3-8H2,1-2H3. The van der Waals surface area contributed by atoms with Crippen LogP contribution in [-0.2, 0) is 0 Å². The van der Waals surface area contributed by atoms with Gasteiger partial charge in [-0.1, -0.05) is 13.8 Å². The fourth-order valence-electron chi connectivity index (χ4n) is 2.93. The predicted octanol–water partition coefficient (Wildman–Crippen LogP) is 2.71. The van der Waals surface area contributed by atoms with Crippen LogP contribution in [-0.4, -0.2) is 12.1 Å². The van der Waals surface area contributed by atoms with Gasteiger partial charge < -0.3 is 5.32 Å². The first-order chi connectivity index (χ1) is 6.12. The quantitative estimate of drug-likeness (QED) is 0.687. The highest BCUT2D eigenvalue weighted by atomic mass is 15.0. The Morgan fingerprint density at radius 3 is 1.54 bits per heavy atom. The molecule has 0 bridgehead atoms. The molecule has 1 nitrogen and oxygen atoms in total. The van der Waals surface area contributed by atoms with Gasteiger partial charge in [0.1, 0.15) is 0 Å². The van der Waals surface area contributed by atoms with Crippen LogP contribution in [0.1, 0.15) is 52.4 Å². The zero-order valence-corrected chi connectivity index (χ0v) is 8.90. The maximum Gasteiger partial charge on any atom is 0.0124 e. The largest absolute Gasteiger partial charge is 0.310 e. The summed E-state index contributed by atoms with van der Waals surface area (Å²) in [5.74, 6) is 0. The van der Waals surface area contributed by atoms with Crippen LogP contribution in [0.4, 0.5) is 0 Å². The third kappa shape index (κ3) is 1.24. The third-order valence-corrected chi connectivity index (χ3v) is 4.91. The Kier molecular flexibility index (Phi) is 1.47. The van der Waals surface area contributed by atoms with Crippen molar-refractivity contribution in [3.63, 3.8) is 0 Å². The van der Waals surface area contributed by atoms with Crippen LogP contribution in [0.5, 0.6) is 0 Å². The molecule has 3 rings (SSSR count).